The number of rotatable bonds is 5. The van der Waals surface area contributed by atoms with Gasteiger partial charge in [0.25, 0.3) is 0 Å². The van der Waals surface area contributed by atoms with E-state index in [0.29, 0.717) is 6.04 Å². The number of likely N-dealkylation sites (tertiary alicyclic amines) is 1. The van der Waals surface area contributed by atoms with Crippen molar-refractivity contribution in [2.24, 2.45) is 0 Å². The van der Waals surface area contributed by atoms with Gasteiger partial charge in [0.05, 0.1) is 18.9 Å². The smallest absolute Gasteiger partial charge is 0.0594 e. The van der Waals surface area contributed by atoms with E-state index in [4.69, 9.17) is 4.74 Å². The van der Waals surface area contributed by atoms with Gasteiger partial charge in [-0.1, -0.05) is 0 Å². The fourth-order valence-corrected chi connectivity index (χ4v) is 3.30. The van der Waals surface area contributed by atoms with Crippen molar-refractivity contribution in [3.8, 4) is 0 Å². The molecule has 1 N–H and O–H groups in total. The van der Waals surface area contributed by atoms with Crippen LogP contribution in [0.5, 0.6) is 0 Å². The number of hydrogen-bond donors (Lipinski definition) is 1. The minimum Gasteiger partial charge on any atom is -0.385 e. The molecule has 2 saturated heterocycles. The highest BCUT2D eigenvalue weighted by Crippen LogP contribution is 2.19. The van der Waals surface area contributed by atoms with Gasteiger partial charge in [-0.2, -0.15) is 0 Å². The van der Waals surface area contributed by atoms with Crippen LogP contribution in [0, 0.1) is 0 Å². The zero-order valence-corrected chi connectivity index (χ0v) is 12.9. The summed E-state index contributed by atoms with van der Waals surface area (Å²) in [4.78, 5) is 9.62. The monoisotopic (exact) mass is 290 g/mol. The average molecular weight is 290 g/mol. The van der Waals surface area contributed by atoms with Gasteiger partial charge in [-0.3, -0.25) is 14.8 Å². The van der Waals surface area contributed by atoms with Crippen LogP contribution in [0.2, 0.25) is 0 Å². The summed E-state index contributed by atoms with van der Waals surface area (Å²) < 4.78 is 5.45. The molecule has 1 unspecified atom stereocenters. The lowest BCUT2D eigenvalue weighted by molar-refractivity contribution is 0.0183. The van der Waals surface area contributed by atoms with E-state index in [1.165, 1.54) is 18.7 Å². The first-order chi connectivity index (χ1) is 10.3. The Morgan fingerprint density at radius 2 is 2.19 bits per heavy atom. The van der Waals surface area contributed by atoms with Crippen molar-refractivity contribution in [2.75, 3.05) is 51.3 Å². The van der Waals surface area contributed by atoms with Crippen LogP contribution >= 0.6 is 0 Å². The maximum atomic E-state index is 5.45. The van der Waals surface area contributed by atoms with Crippen LogP contribution in [0.4, 0.5) is 5.69 Å². The van der Waals surface area contributed by atoms with E-state index in [1.54, 1.807) is 0 Å². The molecule has 116 valence electrons. The molecule has 0 saturated carbocycles. The maximum Gasteiger partial charge on any atom is 0.0594 e. The van der Waals surface area contributed by atoms with E-state index in [1.807, 2.05) is 12.3 Å². The number of anilines is 1. The molecule has 2 aliphatic heterocycles. The Hall–Kier alpha value is -1.17. The summed E-state index contributed by atoms with van der Waals surface area (Å²) in [5.41, 5.74) is 2.34. The minimum atomic E-state index is 0.700. The Balaban J connectivity index is 1.53. The van der Waals surface area contributed by atoms with Gasteiger partial charge in [-0.15, -0.1) is 0 Å². The van der Waals surface area contributed by atoms with Crippen molar-refractivity contribution < 1.29 is 4.74 Å². The number of pyridine rings is 1. The Morgan fingerprint density at radius 1 is 1.33 bits per heavy atom. The summed E-state index contributed by atoms with van der Waals surface area (Å²) in [6, 6.07) is 4.91. The van der Waals surface area contributed by atoms with Gasteiger partial charge >= 0.3 is 0 Å². The SMILES string of the molecule is CCNc1ccnc(CN2CCC(N3CCOCC3)C2)c1. The van der Waals surface area contributed by atoms with Crippen molar-refractivity contribution in [3.63, 3.8) is 0 Å². The summed E-state index contributed by atoms with van der Waals surface area (Å²) in [5.74, 6) is 0. The molecule has 5 heteroatoms. The molecule has 0 amide bonds. The Kier molecular flexibility index (Phi) is 5.06. The van der Waals surface area contributed by atoms with Crippen LogP contribution in [-0.4, -0.2) is 66.8 Å². The van der Waals surface area contributed by atoms with Gasteiger partial charge in [-0.25, -0.2) is 0 Å². The Bertz CT molecular complexity index is 448. The molecule has 0 aliphatic carbocycles. The third kappa shape index (κ3) is 3.93. The van der Waals surface area contributed by atoms with Crippen LogP contribution < -0.4 is 5.32 Å². The molecule has 0 aromatic carbocycles. The maximum absolute atomic E-state index is 5.45. The van der Waals surface area contributed by atoms with Gasteiger partial charge < -0.3 is 10.1 Å². The second-order valence-electron chi connectivity index (χ2n) is 5.89. The van der Waals surface area contributed by atoms with Gasteiger partial charge in [-0.05, 0) is 25.5 Å². The van der Waals surface area contributed by atoms with Gasteiger partial charge in [0, 0.05) is 57.2 Å². The number of morpholine rings is 1. The molecule has 3 rings (SSSR count). The van der Waals surface area contributed by atoms with Gasteiger partial charge in [0.1, 0.15) is 0 Å². The zero-order chi connectivity index (χ0) is 14.5. The average Bonchev–Trinajstić information content (AvgIpc) is 2.97. The minimum absolute atomic E-state index is 0.700. The molecule has 1 atom stereocenters. The third-order valence-electron chi connectivity index (χ3n) is 4.39. The summed E-state index contributed by atoms with van der Waals surface area (Å²) in [7, 11) is 0. The summed E-state index contributed by atoms with van der Waals surface area (Å²) in [6.07, 6.45) is 3.18. The fraction of sp³-hybridized carbons (Fsp3) is 0.688. The molecule has 1 aromatic heterocycles. The molecule has 3 heterocycles. The predicted octanol–water partition coefficient (Wildman–Crippen LogP) is 1.42. The van der Waals surface area contributed by atoms with E-state index >= 15 is 0 Å². The zero-order valence-electron chi connectivity index (χ0n) is 12.9. The summed E-state index contributed by atoms with van der Waals surface area (Å²) >= 11 is 0. The Morgan fingerprint density at radius 3 is 3.00 bits per heavy atom. The standard InChI is InChI=1S/C16H26N4O/c1-2-17-14-3-5-18-15(11-14)12-19-6-4-16(13-19)20-7-9-21-10-8-20/h3,5,11,16H,2,4,6-10,12-13H2,1H3,(H,17,18). The van der Waals surface area contributed by atoms with Crippen LogP contribution in [0.15, 0.2) is 18.3 Å². The van der Waals surface area contributed by atoms with Gasteiger partial charge in [0.2, 0.25) is 0 Å². The van der Waals surface area contributed by atoms with Crippen LogP contribution in [0.3, 0.4) is 0 Å². The Labute approximate surface area is 127 Å². The van der Waals surface area contributed by atoms with Crippen molar-refractivity contribution >= 4 is 5.69 Å². The molecule has 0 radical (unpaired) electrons. The van der Waals surface area contributed by atoms with E-state index in [9.17, 15) is 0 Å². The van der Waals surface area contributed by atoms with E-state index in [-0.39, 0.29) is 0 Å². The topological polar surface area (TPSA) is 40.6 Å². The number of nitrogens with one attached hydrogen (secondary N) is 1. The van der Waals surface area contributed by atoms with Crippen LogP contribution in [0.25, 0.3) is 0 Å². The summed E-state index contributed by atoms with van der Waals surface area (Å²) in [5, 5.41) is 3.35. The van der Waals surface area contributed by atoms with Crippen LogP contribution in [0.1, 0.15) is 19.0 Å². The third-order valence-corrected chi connectivity index (χ3v) is 4.39. The fourth-order valence-electron chi connectivity index (χ4n) is 3.30. The van der Waals surface area contributed by atoms with Gasteiger partial charge in [0.15, 0.2) is 0 Å². The van der Waals surface area contributed by atoms with Crippen LogP contribution in [-0.2, 0) is 11.3 Å². The molecule has 0 bridgehead atoms. The normalized spacial score (nSPS) is 24.3. The second kappa shape index (κ2) is 7.20. The second-order valence-corrected chi connectivity index (χ2v) is 5.89. The first-order valence-electron chi connectivity index (χ1n) is 8.08. The van der Waals surface area contributed by atoms with Crippen molar-refractivity contribution in [2.45, 2.75) is 25.9 Å². The summed E-state index contributed by atoms with van der Waals surface area (Å²) in [6.45, 7) is 10.3. The molecular weight excluding hydrogens is 264 g/mol. The first-order valence-corrected chi connectivity index (χ1v) is 8.08. The highest BCUT2D eigenvalue weighted by Gasteiger charge is 2.28. The molecule has 2 aliphatic rings. The lowest BCUT2D eigenvalue weighted by Gasteiger charge is -2.32. The number of aromatic nitrogens is 1. The number of hydrogen-bond acceptors (Lipinski definition) is 5. The van der Waals surface area contributed by atoms with E-state index in [0.717, 1.165) is 51.6 Å². The molecular formula is C16H26N4O. The van der Waals surface area contributed by atoms with E-state index in [2.05, 4.69) is 33.1 Å². The highest BCUT2D eigenvalue weighted by atomic mass is 16.5. The first kappa shape index (κ1) is 14.8. The lowest BCUT2D eigenvalue weighted by Crippen LogP contribution is -2.44. The number of ether oxygens (including phenoxy) is 1. The van der Waals surface area contributed by atoms with Crippen molar-refractivity contribution in [3.05, 3.63) is 24.0 Å². The predicted molar refractivity (Wildman–Crippen MR) is 84.5 cm³/mol. The van der Waals surface area contributed by atoms with Crippen molar-refractivity contribution in [1.29, 1.82) is 0 Å². The number of nitrogens with zero attached hydrogens (tertiary/aromatic N) is 3. The molecule has 0 spiro atoms. The molecule has 2 fully saturated rings. The quantitative estimate of drug-likeness (QED) is 0.888. The molecule has 1 aromatic rings. The van der Waals surface area contributed by atoms with Crippen molar-refractivity contribution in [1.82, 2.24) is 14.8 Å². The largest absolute Gasteiger partial charge is 0.385 e. The highest BCUT2D eigenvalue weighted by molar-refractivity contribution is 5.42. The lowest BCUT2D eigenvalue weighted by atomic mass is 10.2. The van der Waals surface area contributed by atoms with E-state index < -0.39 is 0 Å². The molecule has 21 heavy (non-hydrogen) atoms. The molecule has 5 nitrogen and oxygen atoms in total.